The Hall–Kier alpha value is -1.36. The van der Waals surface area contributed by atoms with E-state index in [4.69, 9.17) is 17.3 Å². The van der Waals surface area contributed by atoms with Crippen LogP contribution in [0.2, 0.25) is 0 Å². The van der Waals surface area contributed by atoms with Crippen molar-refractivity contribution in [1.29, 1.82) is 0 Å². The van der Waals surface area contributed by atoms with E-state index < -0.39 is 10.0 Å². The molecule has 1 rings (SSSR count). The Morgan fingerprint density at radius 2 is 2.17 bits per heavy atom. The normalized spacial score (nSPS) is 10.9. The highest BCUT2D eigenvalue weighted by Crippen LogP contribution is 2.25. The lowest BCUT2D eigenvalue weighted by atomic mass is 10.2. The van der Waals surface area contributed by atoms with Crippen LogP contribution in [0, 0.1) is 12.3 Å². The van der Waals surface area contributed by atoms with Crippen molar-refractivity contribution in [2.75, 3.05) is 29.1 Å². The molecule has 7 heteroatoms. The molecule has 0 heterocycles. The number of hydrogen-bond donors (Lipinski definition) is 3. The number of nitrogen functional groups attached to an aromatic ring is 1. The summed E-state index contributed by atoms with van der Waals surface area (Å²) in [4.78, 5) is -0.0659. The molecule has 1 aromatic carbocycles. The fourth-order valence-electron chi connectivity index (χ4n) is 1.34. The molecule has 18 heavy (non-hydrogen) atoms. The average molecular weight is 285 g/mol. The Bertz CT molecular complexity index is 550. The van der Waals surface area contributed by atoms with Gasteiger partial charge in [0.25, 0.3) is 0 Å². The molecule has 0 aliphatic heterocycles. The van der Waals surface area contributed by atoms with Crippen LogP contribution in [0.5, 0.6) is 0 Å². The van der Waals surface area contributed by atoms with Crippen LogP contribution in [0.3, 0.4) is 0 Å². The van der Waals surface area contributed by atoms with Crippen molar-refractivity contribution in [2.45, 2.75) is 4.90 Å². The van der Waals surface area contributed by atoms with Gasteiger partial charge < -0.3 is 11.1 Å². The monoisotopic (exact) mass is 285 g/mol. The van der Waals surface area contributed by atoms with E-state index in [1.807, 2.05) is 0 Å². The Labute approximate surface area is 111 Å². The third kappa shape index (κ3) is 4.14. The van der Waals surface area contributed by atoms with Gasteiger partial charge in [0.1, 0.15) is 4.90 Å². The molecule has 98 valence electrons. The van der Waals surface area contributed by atoms with E-state index >= 15 is 0 Å². The first-order valence-electron chi connectivity index (χ1n) is 5.13. The quantitative estimate of drug-likeness (QED) is 0.406. The Morgan fingerprint density at radius 3 is 2.78 bits per heavy atom. The highest BCUT2D eigenvalue weighted by Gasteiger charge is 2.14. The van der Waals surface area contributed by atoms with Gasteiger partial charge in [0, 0.05) is 12.3 Å². The van der Waals surface area contributed by atoms with Crippen LogP contribution in [0.1, 0.15) is 0 Å². The second kappa shape index (κ2) is 6.54. The van der Waals surface area contributed by atoms with Gasteiger partial charge in [-0.3, -0.25) is 0 Å². The molecule has 5 N–H and O–H groups in total. The zero-order chi connectivity index (χ0) is 13.6. The Balaban J connectivity index is 2.71. The smallest absolute Gasteiger partial charge is 0.240 e. The van der Waals surface area contributed by atoms with Crippen molar-refractivity contribution in [3.8, 4) is 12.3 Å². The maximum atomic E-state index is 11.3. The zero-order valence-electron chi connectivity index (χ0n) is 9.72. The lowest BCUT2D eigenvalue weighted by Gasteiger charge is -2.11. The standard InChI is InChI=1S/C11H15N3O2S2/c1-2-7-17-8-6-14-9-4-3-5-10(11(9)12)18(13,15)16/h1,3-5,14H,6-8,12H2,(H2,13,15,16). The fraction of sp³-hybridized carbons (Fsp3) is 0.273. The molecular formula is C11H15N3O2S2. The van der Waals surface area contributed by atoms with Gasteiger partial charge in [-0.2, -0.15) is 0 Å². The zero-order valence-corrected chi connectivity index (χ0v) is 11.4. The van der Waals surface area contributed by atoms with Crippen molar-refractivity contribution in [3.05, 3.63) is 18.2 Å². The number of hydrogen-bond acceptors (Lipinski definition) is 5. The highest BCUT2D eigenvalue weighted by molar-refractivity contribution is 7.99. The molecular weight excluding hydrogens is 270 g/mol. The van der Waals surface area contributed by atoms with Crippen molar-refractivity contribution in [1.82, 2.24) is 0 Å². The highest BCUT2D eigenvalue weighted by atomic mass is 32.2. The average Bonchev–Trinajstić information content (AvgIpc) is 2.29. The number of thioether (sulfide) groups is 1. The van der Waals surface area contributed by atoms with E-state index in [9.17, 15) is 8.42 Å². The van der Waals surface area contributed by atoms with Crippen molar-refractivity contribution in [3.63, 3.8) is 0 Å². The molecule has 0 saturated carbocycles. The maximum absolute atomic E-state index is 11.3. The third-order valence-corrected chi connectivity index (χ3v) is 3.95. The number of primary sulfonamides is 1. The summed E-state index contributed by atoms with van der Waals surface area (Å²) in [6, 6.07) is 4.67. The lowest BCUT2D eigenvalue weighted by molar-refractivity contribution is 0.598. The van der Waals surface area contributed by atoms with Crippen LogP contribution in [0.15, 0.2) is 23.1 Å². The second-order valence-corrected chi connectivity index (χ2v) is 6.08. The predicted molar refractivity (Wildman–Crippen MR) is 76.9 cm³/mol. The van der Waals surface area contributed by atoms with Crippen LogP contribution < -0.4 is 16.2 Å². The maximum Gasteiger partial charge on any atom is 0.240 e. The van der Waals surface area contributed by atoms with Gasteiger partial charge in [-0.15, -0.1) is 18.2 Å². The van der Waals surface area contributed by atoms with Gasteiger partial charge in [-0.05, 0) is 12.1 Å². The summed E-state index contributed by atoms with van der Waals surface area (Å²) in [6.07, 6.45) is 5.12. The molecule has 0 atom stereocenters. The fourth-order valence-corrected chi connectivity index (χ4v) is 2.53. The van der Waals surface area contributed by atoms with Crippen LogP contribution in [-0.2, 0) is 10.0 Å². The largest absolute Gasteiger partial charge is 0.396 e. The Kier molecular flexibility index (Phi) is 5.34. The van der Waals surface area contributed by atoms with Gasteiger partial charge in [-0.1, -0.05) is 12.0 Å². The number of sulfonamides is 1. The second-order valence-electron chi connectivity index (χ2n) is 3.45. The lowest BCUT2D eigenvalue weighted by Crippen LogP contribution is -2.16. The van der Waals surface area contributed by atoms with E-state index in [1.54, 1.807) is 23.9 Å². The molecule has 0 fully saturated rings. The summed E-state index contributed by atoms with van der Waals surface area (Å²) in [5.74, 6) is 3.98. The molecule has 0 aliphatic rings. The molecule has 1 aromatic rings. The summed E-state index contributed by atoms with van der Waals surface area (Å²) in [5.41, 5.74) is 6.45. The molecule has 0 amide bonds. The number of anilines is 2. The minimum atomic E-state index is -3.79. The number of rotatable bonds is 6. The van der Waals surface area contributed by atoms with Crippen molar-refractivity contribution >= 4 is 33.2 Å². The van der Waals surface area contributed by atoms with Crippen LogP contribution in [-0.4, -0.2) is 26.5 Å². The van der Waals surface area contributed by atoms with E-state index in [-0.39, 0.29) is 10.6 Å². The van der Waals surface area contributed by atoms with Crippen LogP contribution in [0.4, 0.5) is 11.4 Å². The predicted octanol–water partition coefficient (Wildman–Crippen LogP) is 0.695. The first-order valence-corrected chi connectivity index (χ1v) is 7.83. The first kappa shape index (κ1) is 14.7. The molecule has 0 aliphatic carbocycles. The van der Waals surface area contributed by atoms with Crippen molar-refractivity contribution in [2.24, 2.45) is 5.14 Å². The molecule has 0 saturated heterocycles. The van der Waals surface area contributed by atoms with Gasteiger partial charge in [0.2, 0.25) is 10.0 Å². The summed E-state index contributed by atoms with van der Waals surface area (Å²) < 4.78 is 22.5. The van der Waals surface area contributed by atoms with Gasteiger partial charge in [-0.25, -0.2) is 13.6 Å². The number of nitrogens with one attached hydrogen (secondary N) is 1. The van der Waals surface area contributed by atoms with E-state index in [0.29, 0.717) is 18.0 Å². The van der Waals surface area contributed by atoms with Gasteiger partial charge in [0.05, 0.1) is 17.1 Å². The molecule has 0 spiro atoms. The molecule has 0 unspecified atom stereocenters. The minimum absolute atomic E-state index is 0.0659. The van der Waals surface area contributed by atoms with E-state index in [0.717, 1.165) is 5.75 Å². The minimum Gasteiger partial charge on any atom is -0.396 e. The summed E-state index contributed by atoms with van der Waals surface area (Å²) in [5, 5.41) is 8.11. The van der Waals surface area contributed by atoms with E-state index in [2.05, 4.69) is 11.2 Å². The molecule has 0 aromatic heterocycles. The number of benzene rings is 1. The SMILES string of the molecule is C#CCSCCNc1cccc(S(N)(=O)=O)c1N. The molecule has 0 bridgehead atoms. The van der Waals surface area contributed by atoms with Crippen LogP contribution >= 0.6 is 11.8 Å². The van der Waals surface area contributed by atoms with Gasteiger partial charge >= 0.3 is 0 Å². The molecule has 0 radical (unpaired) electrons. The third-order valence-electron chi connectivity index (χ3n) is 2.12. The number of terminal acetylenes is 1. The Morgan fingerprint density at radius 1 is 1.44 bits per heavy atom. The number of para-hydroxylation sites is 1. The van der Waals surface area contributed by atoms with Crippen molar-refractivity contribution < 1.29 is 8.42 Å². The summed E-state index contributed by atoms with van der Waals surface area (Å²) in [7, 11) is -3.79. The first-order chi connectivity index (χ1) is 8.46. The topological polar surface area (TPSA) is 98.2 Å². The molecule has 5 nitrogen and oxygen atoms in total. The van der Waals surface area contributed by atoms with Crippen LogP contribution in [0.25, 0.3) is 0 Å². The van der Waals surface area contributed by atoms with Gasteiger partial charge in [0.15, 0.2) is 0 Å². The van der Waals surface area contributed by atoms with E-state index in [1.165, 1.54) is 6.07 Å². The number of nitrogens with two attached hydrogens (primary N) is 2. The summed E-state index contributed by atoms with van der Waals surface area (Å²) in [6.45, 7) is 0.643. The summed E-state index contributed by atoms with van der Waals surface area (Å²) >= 11 is 1.61.